The molecule has 0 aliphatic carbocycles. The van der Waals surface area contributed by atoms with Gasteiger partial charge in [0, 0.05) is 23.7 Å². The minimum Gasteiger partial charge on any atom is -0.448 e. The molecule has 0 fully saturated rings. The number of ketones is 1. The first-order valence-electron chi connectivity index (χ1n) is 6.48. The van der Waals surface area contributed by atoms with Gasteiger partial charge in [0.05, 0.1) is 17.6 Å². The van der Waals surface area contributed by atoms with Crippen molar-refractivity contribution in [1.82, 2.24) is 9.88 Å². The molecule has 0 aliphatic heterocycles. The van der Waals surface area contributed by atoms with Gasteiger partial charge in [-0.25, -0.2) is 4.79 Å². The van der Waals surface area contributed by atoms with Gasteiger partial charge in [-0.2, -0.15) is 13.2 Å². The molecular formula is C14H12ClF3N2O3. The number of alkyl halides is 3. The van der Waals surface area contributed by atoms with Crippen LogP contribution >= 0.6 is 11.6 Å². The standard InChI is InChI=1S/C14H12ClF3N2O3/c1-19-13(22)23-5-4-20-7-10(12(21)14(16,17)18)9-3-2-8(15)6-11(9)20/h2-3,6-7H,4-5H2,1H3,(H,19,22). The Morgan fingerprint density at radius 1 is 1.35 bits per heavy atom. The summed E-state index contributed by atoms with van der Waals surface area (Å²) in [5, 5.41) is 2.70. The maximum atomic E-state index is 12.7. The summed E-state index contributed by atoms with van der Waals surface area (Å²) >= 11 is 5.86. The maximum Gasteiger partial charge on any atom is 0.454 e. The van der Waals surface area contributed by atoms with Gasteiger partial charge in [-0.3, -0.25) is 4.79 Å². The molecule has 9 heteroatoms. The Labute approximate surface area is 134 Å². The van der Waals surface area contributed by atoms with E-state index in [1.165, 1.54) is 29.8 Å². The van der Waals surface area contributed by atoms with Crippen LogP contribution in [0.2, 0.25) is 5.02 Å². The number of ether oxygens (including phenoxy) is 1. The van der Waals surface area contributed by atoms with Crippen molar-refractivity contribution in [3.8, 4) is 0 Å². The number of Topliss-reactive ketones (excluding diaryl/α,β-unsaturated/α-hetero) is 1. The van der Waals surface area contributed by atoms with Crippen molar-refractivity contribution in [2.24, 2.45) is 0 Å². The number of alkyl carbamates (subject to hydrolysis) is 1. The van der Waals surface area contributed by atoms with Gasteiger partial charge >= 0.3 is 12.3 Å². The Morgan fingerprint density at radius 2 is 2.04 bits per heavy atom. The van der Waals surface area contributed by atoms with Gasteiger partial charge in [0.15, 0.2) is 0 Å². The van der Waals surface area contributed by atoms with E-state index in [0.29, 0.717) is 10.5 Å². The summed E-state index contributed by atoms with van der Waals surface area (Å²) in [4.78, 5) is 22.5. The van der Waals surface area contributed by atoms with Crippen LogP contribution in [0.1, 0.15) is 10.4 Å². The molecule has 0 bridgehead atoms. The van der Waals surface area contributed by atoms with Crippen LogP contribution in [-0.2, 0) is 11.3 Å². The highest BCUT2D eigenvalue weighted by Crippen LogP contribution is 2.30. The maximum absolute atomic E-state index is 12.7. The Bertz CT molecular complexity index is 756. The molecule has 0 radical (unpaired) electrons. The zero-order valence-electron chi connectivity index (χ0n) is 11.9. The Morgan fingerprint density at radius 3 is 2.65 bits per heavy atom. The van der Waals surface area contributed by atoms with Crippen molar-refractivity contribution < 1.29 is 27.5 Å². The molecule has 0 spiro atoms. The predicted molar refractivity (Wildman–Crippen MR) is 77.7 cm³/mol. The van der Waals surface area contributed by atoms with Crippen molar-refractivity contribution in [3.63, 3.8) is 0 Å². The number of benzene rings is 1. The van der Waals surface area contributed by atoms with Crippen LogP contribution in [0.15, 0.2) is 24.4 Å². The molecular weight excluding hydrogens is 337 g/mol. The number of nitrogens with one attached hydrogen (secondary N) is 1. The smallest absolute Gasteiger partial charge is 0.448 e. The molecule has 124 valence electrons. The summed E-state index contributed by atoms with van der Waals surface area (Å²) in [6.45, 7) is 0.00497. The number of nitrogens with zero attached hydrogens (tertiary/aromatic N) is 1. The van der Waals surface area contributed by atoms with E-state index in [-0.39, 0.29) is 18.5 Å². The first-order valence-corrected chi connectivity index (χ1v) is 6.86. The molecule has 1 aromatic carbocycles. The van der Waals surface area contributed by atoms with E-state index in [1.807, 2.05) is 0 Å². The van der Waals surface area contributed by atoms with Crippen molar-refractivity contribution in [1.29, 1.82) is 0 Å². The van der Waals surface area contributed by atoms with E-state index in [1.54, 1.807) is 0 Å². The fourth-order valence-corrected chi connectivity index (χ4v) is 2.26. The Hall–Kier alpha value is -2.22. The van der Waals surface area contributed by atoms with Gasteiger partial charge in [0.2, 0.25) is 0 Å². The first kappa shape index (κ1) is 17.1. The zero-order chi connectivity index (χ0) is 17.2. The van der Waals surface area contributed by atoms with Crippen LogP contribution in [-0.4, -0.2) is 36.3 Å². The lowest BCUT2D eigenvalue weighted by Crippen LogP contribution is -2.22. The van der Waals surface area contributed by atoms with Gasteiger partial charge in [-0.05, 0) is 12.1 Å². The summed E-state index contributed by atoms with van der Waals surface area (Å²) in [5.41, 5.74) is -0.116. The molecule has 1 aromatic heterocycles. The molecule has 1 N–H and O–H groups in total. The fraction of sp³-hybridized carbons (Fsp3) is 0.286. The second-order valence-corrected chi connectivity index (χ2v) is 5.05. The van der Waals surface area contributed by atoms with Crippen LogP contribution < -0.4 is 5.32 Å². The average molecular weight is 349 g/mol. The third-order valence-corrected chi connectivity index (χ3v) is 3.35. The largest absolute Gasteiger partial charge is 0.454 e. The van der Waals surface area contributed by atoms with Crippen molar-refractivity contribution in [2.75, 3.05) is 13.7 Å². The van der Waals surface area contributed by atoms with E-state index in [2.05, 4.69) is 5.32 Å². The van der Waals surface area contributed by atoms with E-state index < -0.39 is 23.6 Å². The van der Waals surface area contributed by atoms with Crippen molar-refractivity contribution >= 4 is 34.4 Å². The normalized spacial score (nSPS) is 11.5. The third kappa shape index (κ3) is 3.76. The third-order valence-electron chi connectivity index (χ3n) is 3.12. The Balaban J connectivity index is 2.39. The molecule has 0 aliphatic rings. The second-order valence-electron chi connectivity index (χ2n) is 4.61. The number of amides is 1. The highest BCUT2D eigenvalue weighted by Gasteiger charge is 2.40. The second kappa shape index (κ2) is 6.49. The van der Waals surface area contributed by atoms with E-state index in [0.717, 1.165) is 6.20 Å². The van der Waals surface area contributed by atoms with Crippen molar-refractivity contribution in [2.45, 2.75) is 12.7 Å². The van der Waals surface area contributed by atoms with Crippen LogP contribution in [0, 0.1) is 0 Å². The lowest BCUT2D eigenvalue weighted by molar-refractivity contribution is -0.0884. The molecule has 23 heavy (non-hydrogen) atoms. The number of carbonyl (C=O) groups excluding carboxylic acids is 2. The number of fused-ring (bicyclic) bond motifs is 1. The summed E-state index contributed by atoms with van der Waals surface area (Å²) in [6.07, 6.45) is -4.55. The molecule has 0 saturated carbocycles. The minimum absolute atomic E-state index is 0.0738. The van der Waals surface area contributed by atoms with Crippen LogP contribution in [0.3, 0.4) is 0 Å². The summed E-state index contributed by atoms with van der Waals surface area (Å²) < 4.78 is 44.3. The molecule has 2 rings (SSSR count). The number of rotatable bonds is 4. The number of hydrogen-bond acceptors (Lipinski definition) is 3. The average Bonchev–Trinajstić information content (AvgIpc) is 2.83. The van der Waals surface area contributed by atoms with Gasteiger partial charge in [0.1, 0.15) is 6.61 Å². The lowest BCUT2D eigenvalue weighted by Gasteiger charge is -2.06. The summed E-state index contributed by atoms with van der Waals surface area (Å²) in [7, 11) is 1.38. The zero-order valence-corrected chi connectivity index (χ0v) is 12.7. The predicted octanol–water partition coefficient (Wildman–Crippen LogP) is 3.40. The van der Waals surface area contributed by atoms with Gasteiger partial charge in [-0.1, -0.05) is 17.7 Å². The quantitative estimate of drug-likeness (QED) is 0.861. The van der Waals surface area contributed by atoms with Crippen LogP contribution in [0.25, 0.3) is 10.9 Å². The van der Waals surface area contributed by atoms with Gasteiger partial charge in [-0.15, -0.1) is 0 Å². The van der Waals surface area contributed by atoms with Crippen molar-refractivity contribution in [3.05, 3.63) is 35.0 Å². The van der Waals surface area contributed by atoms with E-state index in [9.17, 15) is 22.8 Å². The van der Waals surface area contributed by atoms with E-state index >= 15 is 0 Å². The lowest BCUT2D eigenvalue weighted by atomic mass is 10.1. The number of aromatic nitrogens is 1. The highest BCUT2D eigenvalue weighted by atomic mass is 35.5. The molecule has 1 heterocycles. The molecule has 1 amide bonds. The van der Waals surface area contributed by atoms with Gasteiger partial charge < -0.3 is 14.6 Å². The van der Waals surface area contributed by atoms with E-state index in [4.69, 9.17) is 16.3 Å². The summed E-state index contributed by atoms with van der Waals surface area (Å²) in [6, 6.07) is 4.21. The van der Waals surface area contributed by atoms with Crippen LogP contribution in [0.5, 0.6) is 0 Å². The monoisotopic (exact) mass is 348 g/mol. The minimum atomic E-state index is -4.97. The first-order chi connectivity index (χ1) is 10.7. The Kier molecular flexibility index (Phi) is 4.84. The molecule has 5 nitrogen and oxygen atoms in total. The van der Waals surface area contributed by atoms with Gasteiger partial charge in [0.25, 0.3) is 5.78 Å². The van der Waals surface area contributed by atoms with Crippen LogP contribution in [0.4, 0.5) is 18.0 Å². The molecule has 0 saturated heterocycles. The topological polar surface area (TPSA) is 60.3 Å². The number of hydrogen-bond donors (Lipinski definition) is 1. The molecule has 0 atom stereocenters. The fourth-order valence-electron chi connectivity index (χ4n) is 2.09. The summed E-state index contributed by atoms with van der Waals surface area (Å²) in [5.74, 6) is -1.93. The molecule has 2 aromatic rings. The number of halogens is 4. The molecule has 0 unspecified atom stereocenters. The number of carbonyl (C=O) groups is 2. The SMILES string of the molecule is CNC(=O)OCCn1cc(C(=O)C(F)(F)F)c2ccc(Cl)cc21. The highest BCUT2D eigenvalue weighted by molar-refractivity contribution is 6.31.